The van der Waals surface area contributed by atoms with Crippen molar-refractivity contribution >= 4 is 5.97 Å². The first kappa shape index (κ1) is 10.3. The molecule has 0 aliphatic heterocycles. The number of carbonyl (C=O) groups excluding carboxylic acids is 1. The summed E-state index contributed by atoms with van der Waals surface area (Å²) in [6.45, 7) is 4.88. The molecule has 0 aliphatic carbocycles. The van der Waals surface area contributed by atoms with Gasteiger partial charge in [0.1, 0.15) is 0 Å². The van der Waals surface area contributed by atoms with Crippen LogP contribution in [0.4, 0.5) is 0 Å². The molecule has 0 spiro atoms. The molecule has 1 aromatic carbocycles. The quantitative estimate of drug-likeness (QED) is 0.418. The largest absolute Gasteiger partial charge is 0.372 e. The highest BCUT2D eigenvalue weighted by atomic mass is 17.5. The first-order valence-corrected chi connectivity index (χ1v) is 3.96. The maximum absolute atomic E-state index is 10.8. The molecular formula is C10H10O4. The zero-order valence-electron chi connectivity index (χ0n) is 7.73. The fourth-order valence-corrected chi connectivity index (χ4v) is 0.634. The summed E-state index contributed by atoms with van der Waals surface area (Å²) in [6.07, 6.45) is 0. The van der Waals surface area contributed by atoms with Crippen LogP contribution >= 0.6 is 0 Å². The lowest BCUT2D eigenvalue weighted by atomic mass is 10.3. The van der Waals surface area contributed by atoms with E-state index in [1.165, 1.54) is 6.92 Å². The van der Waals surface area contributed by atoms with Gasteiger partial charge in [-0.15, -0.1) is 0 Å². The summed E-state index contributed by atoms with van der Waals surface area (Å²) < 4.78 is 0. The van der Waals surface area contributed by atoms with Gasteiger partial charge in [-0.1, -0.05) is 24.8 Å². The van der Waals surface area contributed by atoms with Gasteiger partial charge in [-0.3, -0.25) is 9.78 Å². The van der Waals surface area contributed by atoms with Crippen LogP contribution < -0.4 is 4.89 Å². The van der Waals surface area contributed by atoms with Crippen molar-refractivity contribution in [1.29, 1.82) is 0 Å². The highest BCUT2D eigenvalue weighted by Crippen LogP contribution is 2.08. The highest BCUT2D eigenvalue weighted by Gasteiger charge is 2.04. The molecular weight excluding hydrogens is 184 g/mol. The summed E-state index contributed by atoms with van der Waals surface area (Å²) in [4.78, 5) is 19.7. The van der Waals surface area contributed by atoms with E-state index in [4.69, 9.17) is 0 Å². The van der Waals surface area contributed by atoms with Gasteiger partial charge < -0.3 is 0 Å². The minimum absolute atomic E-state index is 0.238. The Bertz CT molecular complexity index is 318. The third-order valence-electron chi connectivity index (χ3n) is 1.33. The molecule has 0 bridgehead atoms. The van der Waals surface area contributed by atoms with Crippen LogP contribution in [0.1, 0.15) is 6.92 Å². The van der Waals surface area contributed by atoms with E-state index in [1.807, 2.05) is 6.07 Å². The van der Waals surface area contributed by atoms with Gasteiger partial charge in [0.05, 0.1) is 0 Å². The molecule has 0 amide bonds. The van der Waals surface area contributed by atoms with E-state index < -0.39 is 5.97 Å². The molecule has 0 radical (unpaired) electrons. The van der Waals surface area contributed by atoms with Crippen LogP contribution in [0, 0.1) is 0 Å². The standard InChI is InChI=1S/C10H10O4/c1-8(2)10(11)13-14-12-9-6-4-3-5-7-9/h3-7H,1H2,2H3. The summed E-state index contributed by atoms with van der Waals surface area (Å²) in [7, 11) is 0. The Kier molecular flexibility index (Phi) is 3.69. The number of carbonyl (C=O) groups is 1. The Labute approximate surface area is 81.6 Å². The monoisotopic (exact) mass is 194 g/mol. The molecule has 4 nitrogen and oxygen atoms in total. The van der Waals surface area contributed by atoms with E-state index in [9.17, 15) is 4.79 Å². The molecule has 0 aromatic heterocycles. The van der Waals surface area contributed by atoms with Crippen LogP contribution in [0.15, 0.2) is 42.5 Å². The fourth-order valence-electron chi connectivity index (χ4n) is 0.634. The predicted octanol–water partition coefficient (Wildman–Crippen LogP) is 2.03. The van der Waals surface area contributed by atoms with Gasteiger partial charge in [0, 0.05) is 10.6 Å². The first-order chi connectivity index (χ1) is 6.70. The number of hydrogen-bond donors (Lipinski definition) is 0. The lowest BCUT2D eigenvalue weighted by Gasteiger charge is -2.01. The minimum Gasteiger partial charge on any atom is -0.299 e. The topological polar surface area (TPSA) is 44.8 Å². The number of para-hydroxylation sites is 1. The van der Waals surface area contributed by atoms with Crippen molar-refractivity contribution in [2.45, 2.75) is 6.92 Å². The van der Waals surface area contributed by atoms with E-state index >= 15 is 0 Å². The molecule has 1 rings (SSSR count). The van der Waals surface area contributed by atoms with Gasteiger partial charge in [0.2, 0.25) is 0 Å². The van der Waals surface area contributed by atoms with Gasteiger partial charge in [0.25, 0.3) is 0 Å². The van der Waals surface area contributed by atoms with E-state index in [1.54, 1.807) is 24.3 Å². The molecule has 0 saturated heterocycles. The van der Waals surface area contributed by atoms with Crippen LogP contribution in [0.5, 0.6) is 5.75 Å². The summed E-state index contributed by atoms with van der Waals surface area (Å²) in [5, 5.41) is 4.23. The molecule has 0 aliphatic rings. The summed E-state index contributed by atoms with van der Waals surface area (Å²) in [5.41, 5.74) is 0.238. The van der Waals surface area contributed by atoms with Gasteiger partial charge >= 0.3 is 5.97 Å². The van der Waals surface area contributed by atoms with Gasteiger partial charge in [0.15, 0.2) is 5.75 Å². The second kappa shape index (κ2) is 5.04. The SMILES string of the molecule is C=C(C)C(=O)OOOc1ccccc1. The van der Waals surface area contributed by atoms with E-state index in [2.05, 4.69) is 21.4 Å². The Morgan fingerprint density at radius 1 is 1.29 bits per heavy atom. The average Bonchev–Trinajstić information content (AvgIpc) is 2.19. The lowest BCUT2D eigenvalue weighted by molar-refractivity contribution is -0.435. The average molecular weight is 194 g/mol. The molecule has 0 saturated carbocycles. The minimum atomic E-state index is -0.666. The van der Waals surface area contributed by atoms with Gasteiger partial charge in [-0.25, -0.2) is 4.79 Å². The number of rotatable bonds is 4. The first-order valence-electron chi connectivity index (χ1n) is 3.96. The van der Waals surface area contributed by atoms with Crippen molar-refractivity contribution in [2.75, 3.05) is 0 Å². The molecule has 0 unspecified atom stereocenters. The van der Waals surface area contributed by atoms with Crippen molar-refractivity contribution in [3.8, 4) is 5.75 Å². The van der Waals surface area contributed by atoms with Crippen LogP contribution in [-0.2, 0) is 14.7 Å². The van der Waals surface area contributed by atoms with Crippen molar-refractivity contribution < 1.29 is 19.6 Å². The Balaban J connectivity index is 2.29. The number of benzene rings is 1. The van der Waals surface area contributed by atoms with Crippen molar-refractivity contribution in [1.82, 2.24) is 0 Å². The summed E-state index contributed by atoms with van der Waals surface area (Å²) >= 11 is 0. The van der Waals surface area contributed by atoms with Gasteiger partial charge in [-0.05, 0) is 19.1 Å². The smallest absolute Gasteiger partial charge is 0.299 e. The van der Waals surface area contributed by atoms with Crippen LogP contribution in [-0.4, -0.2) is 5.97 Å². The van der Waals surface area contributed by atoms with E-state index in [0.29, 0.717) is 5.75 Å². The second-order valence-electron chi connectivity index (χ2n) is 2.62. The zero-order chi connectivity index (χ0) is 10.4. The van der Waals surface area contributed by atoms with E-state index in [0.717, 1.165) is 0 Å². The van der Waals surface area contributed by atoms with E-state index in [-0.39, 0.29) is 5.57 Å². The van der Waals surface area contributed by atoms with Gasteiger partial charge in [-0.2, -0.15) is 0 Å². The van der Waals surface area contributed by atoms with Crippen molar-refractivity contribution in [3.63, 3.8) is 0 Å². The number of hydrogen-bond acceptors (Lipinski definition) is 4. The third kappa shape index (κ3) is 3.28. The maximum Gasteiger partial charge on any atom is 0.372 e. The molecule has 0 fully saturated rings. The molecule has 0 atom stereocenters. The molecule has 0 N–H and O–H groups in total. The van der Waals surface area contributed by atoms with Crippen molar-refractivity contribution in [3.05, 3.63) is 42.5 Å². The molecule has 0 heterocycles. The lowest BCUT2D eigenvalue weighted by Crippen LogP contribution is -2.08. The second-order valence-corrected chi connectivity index (χ2v) is 2.62. The maximum atomic E-state index is 10.8. The Hall–Kier alpha value is -1.81. The predicted molar refractivity (Wildman–Crippen MR) is 49.1 cm³/mol. The third-order valence-corrected chi connectivity index (χ3v) is 1.33. The Morgan fingerprint density at radius 3 is 2.50 bits per heavy atom. The molecule has 1 aromatic rings. The molecule has 14 heavy (non-hydrogen) atoms. The summed E-state index contributed by atoms with van der Waals surface area (Å²) in [5.74, 6) is -0.219. The summed E-state index contributed by atoms with van der Waals surface area (Å²) in [6, 6.07) is 8.68. The van der Waals surface area contributed by atoms with Crippen LogP contribution in [0.3, 0.4) is 0 Å². The molecule has 74 valence electrons. The Morgan fingerprint density at radius 2 is 1.93 bits per heavy atom. The zero-order valence-corrected chi connectivity index (χ0v) is 7.73. The van der Waals surface area contributed by atoms with Crippen LogP contribution in [0.25, 0.3) is 0 Å². The normalized spacial score (nSPS) is 9.21. The van der Waals surface area contributed by atoms with Crippen molar-refractivity contribution in [2.24, 2.45) is 0 Å². The highest BCUT2D eigenvalue weighted by molar-refractivity contribution is 5.86. The fraction of sp³-hybridized carbons (Fsp3) is 0.100. The van der Waals surface area contributed by atoms with Crippen LogP contribution in [0.2, 0.25) is 0 Å². The molecule has 4 heteroatoms.